The molecule has 0 spiro atoms. The summed E-state index contributed by atoms with van der Waals surface area (Å²) in [7, 11) is 0. The smallest absolute Gasteiger partial charge is 0.249 e. The molecular weight excluding hydrogens is 252 g/mol. The molecule has 0 radical (unpaired) electrons. The third-order valence-corrected chi connectivity index (χ3v) is 5.69. The summed E-state index contributed by atoms with van der Waals surface area (Å²) in [5.74, 6) is 0.492. The highest BCUT2D eigenvalue weighted by atomic mass is 16.2. The van der Waals surface area contributed by atoms with Crippen LogP contribution >= 0.6 is 0 Å². The summed E-state index contributed by atoms with van der Waals surface area (Å²) in [5.41, 5.74) is -0.454. The maximum Gasteiger partial charge on any atom is 0.249 e. The zero-order valence-electron chi connectivity index (χ0n) is 12.9. The van der Waals surface area contributed by atoms with Gasteiger partial charge in [0.05, 0.1) is 0 Å². The van der Waals surface area contributed by atoms with Gasteiger partial charge in [-0.25, -0.2) is 0 Å². The molecule has 1 N–H and O–H groups in total. The second-order valence-corrected chi connectivity index (χ2v) is 7.59. The number of rotatable bonds is 3. The van der Waals surface area contributed by atoms with Crippen molar-refractivity contribution < 1.29 is 9.59 Å². The van der Waals surface area contributed by atoms with Gasteiger partial charge in [-0.15, -0.1) is 0 Å². The lowest BCUT2D eigenvalue weighted by molar-refractivity contribution is -0.156. The predicted octanol–water partition coefficient (Wildman–Crippen LogP) is 2.08. The van der Waals surface area contributed by atoms with Crippen molar-refractivity contribution in [2.75, 3.05) is 6.54 Å². The van der Waals surface area contributed by atoms with E-state index < -0.39 is 5.54 Å². The predicted molar refractivity (Wildman–Crippen MR) is 77.0 cm³/mol. The van der Waals surface area contributed by atoms with Crippen LogP contribution in [0.15, 0.2) is 0 Å². The summed E-state index contributed by atoms with van der Waals surface area (Å²) in [6.45, 7) is 6.78. The average Bonchev–Trinajstić information content (AvgIpc) is 3.17. The molecule has 0 aromatic rings. The Morgan fingerprint density at radius 2 is 1.80 bits per heavy atom. The van der Waals surface area contributed by atoms with Crippen molar-refractivity contribution in [2.45, 2.75) is 70.9 Å². The van der Waals surface area contributed by atoms with Crippen LogP contribution in [0.4, 0.5) is 0 Å². The molecule has 0 aromatic heterocycles. The maximum atomic E-state index is 12.9. The van der Waals surface area contributed by atoms with E-state index in [0.717, 1.165) is 19.4 Å². The molecule has 4 nitrogen and oxygen atoms in total. The van der Waals surface area contributed by atoms with E-state index in [9.17, 15) is 9.59 Å². The van der Waals surface area contributed by atoms with Crippen molar-refractivity contribution in [3.8, 4) is 0 Å². The van der Waals surface area contributed by atoms with Crippen LogP contribution in [0.1, 0.15) is 59.3 Å². The van der Waals surface area contributed by atoms with Gasteiger partial charge in [-0.1, -0.05) is 19.8 Å². The molecule has 2 unspecified atom stereocenters. The molecule has 1 heterocycles. The fourth-order valence-corrected chi connectivity index (χ4v) is 3.97. The van der Waals surface area contributed by atoms with Crippen LogP contribution in [-0.4, -0.2) is 34.8 Å². The van der Waals surface area contributed by atoms with Crippen molar-refractivity contribution in [2.24, 2.45) is 11.3 Å². The molecule has 2 amide bonds. The Labute approximate surface area is 121 Å². The maximum absolute atomic E-state index is 12.9. The second-order valence-electron chi connectivity index (χ2n) is 7.59. The van der Waals surface area contributed by atoms with Crippen LogP contribution in [0.5, 0.6) is 0 Å². The number of nitrogens with one attached hydrogen (secondary N) is 1. The molecule has 2 aliphatic carbocycles. The largest absolute Gasteiger partial charge is 0.340 e. The van der Waals surface area contributed by atoms with Gasteiger partial charge in [0.2, 0.25) is 11.8 Å². The summed E-state index contributed by atoms with van der Waals surface area (Å²) in [6.07, 6.45) is 6.96. The molecule has 1 saturated heterocycles. The number of nitrogens with zero attached hydrogens (tertiary/aromatic N) is 1. The van der Waals surface area contributed by atoms with E-state index in [1.54, 1.807) is 0 Å². The van der Waals surface area contributed by atoms with E-state index in [1.807, 2.05) is 18.7 Å². The van der Waals surface area contributed by atoms with Crippen molar-refractivity contribution >= 4 is 11.8 Å². The summed E-state index contributed by atoms with van der Waals surface area (Å²) >= 11 is 0. The minimum atomic E-state index is -0.654. The lowest BCUT2D eigenvalue weighted by atomic mass is 9.84. The van der Waals surface area contributed by atoms with Crippen LogP contribution in [0.3, 0.4) is 0 Å². The fourth-order valence-electron chi connectivity index (χ4n) is 3.97. The first kappa shape index (κ1) is 13.9. The monoisotopic (exact) mass is 278 g/mol. The van der Waals surface area contributed by atoms with Crippen molar-refractivity contribution in [1.82, 2.24) is 10.2 Å². The zero-order chi connectivity index (χ0) is 14.5. The van der Waals surface area contributed by atoms with Gasteiger partial charge in [-0.3, -0.25) is 9.59 Å². The first-order valence-electron chi connectivity index (χ1n) is 7.99. The summed E-state index contributed by atoms with van der Waals surface area (Å²) in [5, 5.41) is 2.99. The fraction of sp³-hybridized carbons (Fsp3) is 0.875. The van der Waals surface area contributed by atoms with Crippen LogP contribution in [0.25, 0.3) is 0 Å². The molecule has 0 bridgehead atoms. The average molecular weight is 278 g/mol. The van der Waals surface area contributed by atoms with Gasteiger partial charge in [0.1, 0.15) is 11.6 Å². The number of amides is 2. The molecule has 3 rings (SSSR count). The van der Waals surface area contributed by atoms with Gasteiger partial charge in [-0.05, 0) is 50.9 Å². The van der Waals surface area contributed by atoms with E-state index in [0.29, 0.717) is 5.92 Å². The minimum Gasteiger partial charge on any atom is -0.340 e. The van der Waals surface area contributed by atoms with E-state index in [4.69, 9.17) is 0 Å². The Balaban J connectivity index is 1.83. The molecule has 3 aliphatic rings. The Hall–Kier alpha value is -1.06. The van der Waals surface area contributed by atoms with Crippen LogP contribution in [-0.2, 0) is 9.59 Å². The third kappa shape index (κ3) is 2.13. The Morgan fingerprint density at radius 3 is 2.35 bits per heavy atom. The lowest BCUT2D eigenvalue weighted by Crippen LogP contribution is -2.70. The van der Waals surface area contributed by atoms with Gasteiger partial charge in [0, 0.05) is 6.54 Å². The van der Waals surface area contributed by atoms with Gasteiger partial charge in [-0.2, -0.15) is 0 Å². The number of carbonyl (C=O) groups is 2. The molecule has 3 fully saturated rings. The van der Waals surface area contributed by atoms with Gasteiger partial charge in [0.25, 0.3) is 0 Å². The normalized spacial score (nSPS) is 37.1. The molecule has 20 heavy (non-hydrogen) atoms. The first-order chi connectivity index (χ1) is 9.36. The summed E-state index contributed by atoms with van der Waals surface area (Å²) in [6, 6.07) is -0.327. The highest BCUT2D eigenvalue weighted by Gasteiger charge is 2.55. The molecule has 2 atom stereocenters. The van der Waals surface area contributed by atoms with Crippen LogP contribution in [0, 0.1) is 11.3 Å². The second kappa shape index (κ2) is 4.47. The Morgan fingerprint density at radius 1 is 1.20 bits per heavy atom. The standard InChI is InChI=1S/C16H26N2O2/c1-11-13(19)17-16(3,12-6-7-12)14(20)18(11)10-15(2)8-4-5-9-15/h11-12H,4-10H2,1-3H3,(H,17,19). The molecule has 2 saturated carbocycles. The SMILES string of the molecule is CC1C(=O)NC(C)(C2CC2)C(=O)N1CC1(C)CCCC1. The number of hydrogen-bond acceptors (Lipinski definition) is 2. The Bertz CT molecular complexity index is 438. The summed E-state index contributed by atoms with van der Waals surface area (Å²) in [4.78, 5) is 27.1. The molecular formula is C16H26N2O2. The highest BCUT2D eigenvalue weighted by Crippen LogP contribution is 2.44. The van der Waals surface area contributed by atoms with Crippen molar-refractivity contribution in [3.63, 3.8) is 0 Å². The third-order valence-electron chi connectivity index (χ3n) is 5.69. The highest BCUT2D eigenvalue weighted by molar-refractivity contribution is 5.99. The van der Waals surface area contributed by atoms with E-state index >= 15 is 0 Å². The quantitative estimate of drug-likeness (QED) is 0.859. The van der Waals surface area contributed by atoms with Gasteiger partial charge in [0.15, 0.2) is 0 Å². The first-order valence-corrected chi connectivity index (χ1v) is 7.99. The van der Waals surface area contributed by atoms with E-state index in [-0.39, 0.29) is 23.3 Å². The molecule has 1 aliphatic heterocycles. The molecule has 0 aromatic carbocycles. The van der Waals surface area contributed by atoms with Crippen molar-refractivity contribution in [1.29, 1.82) is 0 Å². The topological polar surface area (TPSA) is 49.4 Å². The van der Waals surface area contributed by atoms with Crippen LogP contribution in [0.2, 0.25) is 0 Å². The van der Waals surface area contributed by atoms with Gasteiger partial charge >= 0.3 is 0 Å². The number of hydrogen-bond donors (Lipinski definition) is 1. The van der Waals surface area contributed by atoms with E-state index in [1.165, 1.54) is 25.7 Å². The van der Waals surface area contributed by atoms with E-state index in [2.05, 4.69) is 12.2 Å². The lowest BCUT2D eigenvalue weighted by Gasteiger charge is -2.46. The zero-order valence-corrected chi connectivity index (χ0v) is 12.9. The van der Waals surface area contributed by atoms with Crippen molar-refractivity contribution in [3.05, 3.63) is 0 Å². The number of carbonyl (C=O) groups excluding carboxylic acids is 2. The molecule has 4 heteroatoms. The Kier molecular flexibility index (Phi) is 3.11. The van der Waals surface area contributed by atoms with Gasteiger partial charge < -0.3 is 10.2 Å². The molecule has 112 valence electrons. The number of piperazine rings is 1. The summed E-state index contributed by atoms with van der Waals surface area (Å²) < 4.78 is 0. The van der Waals surface area contributed by atoms with Crippen LogP contribution < -0.4 is 5.32 Å². The minimum absolute atomic E-state index is 0.0144.